The lowest BCUT2D eigenvalue weighted by Crippen LogP contribution is -2.28. The fourth-order valence-corrected chi connectivity index (χ4v) is 4.94. The molecule has 1 aromatic heterocycles. The van der Waals surface area contributed by atoms with E-state index < -0.39 is 27.9 Å². The first-order valence-corrected chi connectivity index (χ1v) is 12.4. The number of hydrogen-bond donors (Lipinski definition) is 1. The number of pyridine rings is 1. The molecule has 0 saturated heterocycles. The smallest absolute Gasteiger partial charge is 0.326 e. The highest BCUT2D eigenvalue weighted by molar-refractivity contribution is 7.89. The highest BCUT2D eigenvalue weighted by Crippen LogP contribution is 2.26. The normalized spacial score (nSPS) is 11.6. The van der Waals surface area contributed by atoms with Crippen LogP contribution in [0.5, 0.6) is 0 Å². The number of sulfonamides is 1. The number of fused-ring (bicyclic) bond motifs is 1. The summed E-state index contributed by atoms with van der Waals surface area (Å²) in [6.45, 7) is 7.03. The molecular formula is C25H28N2O6S. The fraction of sp³-hybridized carbons (Fsp3) is 0.320. The Balaban J connectivity index is 2.03. The molecule has 0 radical (unpaired) electrons. The minimum absolute atomic E-state index is 0.0654. The van der Waals surface area contributed by atoms with Gasteiger partial charge < -0.3 is 9.47 Å². The molecule has 3 rings (SSSR count). The first kappa shape index (κ1) is 25.3. The number of hydrogen-bond acceptors (Lipinski definition) is 7. The van der Waals surface area contributed by atoms with E-state index in [1.807, 2.05) is 6.92 Å². The average Bonchev–Trinajstić information content (AvgIpc) is 2.78. The minimum atomic E-state index is -3.81. The predicted molar refractivity (Wildman–Crippen MR) is 128 cm³/mol. The average molecular weight is 485 g/mol. The summed E-state index contributed by atoms with van der Waals surface area (Å²) in [6, 6.07) is 13.8. The van der Waals surface area contributed by atoms with E-state index in [1.165, 1.54) is 0 Å². The SMILES string of the molecule is CCOC(=O)C(C(=O)OCC)c1cc(CNS(=O)(=O)c2ccc(C)cc2C)c2ccccc2n1. The molecule has 1 heterocycles. The number of rotatable bonds is 9. The van der Waals surface area contributed by atoms with Crippen LogP contribution in [-0.4, -0.2) is 38.6 Å². The molecule has 0 saturated carbocycles. The molecule has 0 amide bonds. The van der Waals surface area contributed by atoms with Gasteiger partial charge in [0.1, 0.15) is 0 Å². The van der Waals surface area contributed by atoms with Crippen LogP contribution in [0.4, 0.5) is 0 Å². The van der Waals surface area contributed by atoms with Crippen LogP contribution in [0.25, 0.3) is 10.9 Å². The zero-order valence-corrected chi connectivity index (χ0v) is 20.4. The molecule has 0 aliphatic rings. The molecule has 0 atom stereocenters. The number of carbonyl (C=O) groups excluding carboxylic acids is 2. The molecule has 1 N–H and O–H groups in total. The van der Waals surface area contributed by atoms with Crippen molar-refractivity contribution in [3.8, 4) is 0 Å². The number of nitrogens with zero attached hydrogens (tertiary/aromatic N) is 1. The van der Waals surface area contributed by atoms with Crippen molar-refractivity contribution in [2.45, 2.75) is 45.1 Å². The Morgan fingerprint density at radius 1 is 0.971 bits per heavy atom. The number of benzene rings is 2. The maximum atomic E-state index is 13.0. The molecule has 2 aromatic carbocycles. The molecule has 0 unspecified atom stereocenters. The van der Waals surface area contributed by atoms with Crippen molar-refractivity contribution in [2.75, 3.05) is 13.2 Å². The molecule has 0 aliphatic heterocycles. The monoisotopic (exact) mass is 484 g/mol. The van der Waals surface area contributed by atoms with E-state index in [4.69, 9.17) is 9.47 Å². The lowest BCUT2D eigenvalue weighted by atomic mass is 10.00. The van der Waals surface area contributed by atoms with E-state index in [9.17, 15) is 18.0 Å². The number of aromatic nitrogens is 1. The zero-order valence-electron chi connectivity index (χ0n) is 19.6. The van der Waals surface area contributed by atoms with Crippen LogP contribution in [0.2, 0.25) is 0 Å². The fourth-order valence-electron chi connectivity index (χ4n) is 3.70. The maximum absolute atomic E-state index is 13.0. The van der Waals surface area contributed by atoms with Crippen molar-refractivity contribution in [2.24, 2.45) is 0 Å². The van der Waals surface area contributed by atoms with E-state index in [2.05, 4.69) is 9.71 Å². The number of nitrogens with one attached hydrogen (secondary N) is 1. The van der Waals surface area contributed by atoms with Crippen LogP contribution >= 0.6 is 0 Å². The zero-order chi connectivity index (χ0) is 24.9. The highest BCUT2D eigenvalue weighted by Gasteiger charge is 2.33. The number of esters is 2. The second-order valence-corrected chi connectivity index (χ2v) is 9.49. The number of carbonyl (C=O) groups is 2. The molecular weight excluding hydrogens is 456 g/mol. The van der Waals surface area contributed by atoms with Gasteiger partial charge in [-0.1, -0.05) is 35.9 Å². The van der Waals surface area contributed by atoms with Gasteiger partial charge in [0, 0.05) is 11.9 Å². The molecule has 180 valence electrons. The molecule has 0 spiro atoms. The van der Waals surface area contributed by atoms with Crippen LogP contribution in [0.3, 0.4) is 0 Å². The van der Waals surface area contributed by atoms with Gasteiger partial charge in [-0.15, -0.1) is 0 Å². The van der Waals surface area contributed by atoms with Gasteiger partial charge in [0.15, 0.2) is 5.92 Å². The Hall–Kier alpha value is -3.30. The van der Waals surface area contributed by atoms with Gasteiger partial charge in [0.05, 0.1) is 29.3 Å². The second kappa shape index (κ2) is 10.8. The van der Waals surface area contributed by atoms with Gasteiger partial charge in [-0.25, -0.2) is 13.1 Å². The third-order valence-corrected chi connectivity index (χ3v) is 6.80. The van der Waals surface area contributed by atoms with Gasteiger partial charge >= 0.3 is 11.9 Å². The summed E-state index contributed by atoms with van der Waals surface area (Å²) in [7, 11) is -3.81. The van der Waals surface area contributed by atoms with Crippen molar-refractivity contribution in [3.05, 3.63) is 70.9 Å². The molecule has 34 heavy (non-hydrogen) atoms. The second-order valence-electron chi connectivity index (χ2n) is 7.75. The summed E-state index contributed by atoms with van der Waals surface area (Å²) in [5, 5.41) is 0.695. The summed E-state index contributed by atoms with van der Waals surface area (Å²) in [5.41, 5.74) is 2.81. The minimum Gasteiger partial charge on any atom is -0.465 e. The van der Waals surface area contributed by atoms with Crippen molar-refractivity contribution in [1.29, 1.82) is 0 Å². The Morgan fingerprint density at radius 3 is 2.24 bits per heavy atom. The number of ether oxygens (including phenoxy) is 2. The van der Waals surface area contributed by atoms with Crippen molar-refractivity contribution >= 4 is 32.9 Å². The van der Waals surface area contributed by atoms with Crippen LogP contribution in [0, 0.1) is 13.8 Å². The molecule has 9 heteroatoms. The van der Waals surface area contributed by atoms with E-state index in [0.29, 0.717) is 22.0 Å². The lowest BCUT2D eigenvalue weighted by Gasteiger charge is -2.17. The molecule has 0 fully saturated rings. The molecule has 3 aromatic rings. The number of aryl methyl sites for hydroxylation is 2. The first-order valence-electron chi connectivity index (χ1n) is 11.0. The Morgan fingerprint density at radius 2 is 1.62 bits per heavy atom. The summed E-state index contributed by atoms with van der Waals surface area (Å²) < 4.78 is 38.8. The van der Waals surface area contributed by atoms with Crippen molar-refractivity contribution in [3.63, 3.8) is 0 Å². The van der Waals surface area contributed by atoms with Gasteiger partial charge in [0.25, 0.3) is 0 Å². The van der Waals surface area contributed by atoms with Crippen molar-refractivity contribution in [1.82, 2.24) is 9.71 Å². The van der Waals surface area contributed by atoms with E-state index in [0.717, 1.165) is 5.56 Å². The molecule has 8 nitrogen and oxygen atoms in total. The summed E-state index contributed by atoms with van der Waals surface area (Å²) in [5.74, 6) is -2.92. The van der Waals surface area contributed by atoms with Crippen molar-refractivity contribution < 1.29 is 27.5 Å². The van der Waals surface area contributed by atoms with Gasteiger partial charge in [-0.3, -0.25) is 14.6 Å². The van der Waals surface area contributed by atoms with Gasteiger partial charge in [-0.2, -0.15) is 0 Å². The van der Waals surface area contributed by atoms with E-state index in [1.54, 1.807) is 69.3 Å². The third kappa shape index (κ3) is 5.60. The third-order valence-electron chi connectivity index (χ3n) is 5.23. The van der Waals surface area contributed by atoms with Crippen LogP contribution < -0.4 is 4.72 Å². The Labute approximate surface area is 199 Å². The molecule has 0 bridgehead atoms. The van der Waals surface area contributed by atoms with Gasteiger partial charge in [0.2, 0.25) is 10.0 Å². The summed E-state index contributed by atoms with van der Waals surface area (Å²) in [6.07, 6.45) is 0. The quantitative estimate of drug-likeness (QED) is 0.365. The highest BCUT2D eigenvalue weighted by atomic mass is 32.2. The summed E-state index contributed by atoms with van der Waals surface area (Å²) >= 11 is 0. The largest absolute Gasteiger partial charge is 0.465 e. The number of para-hydroxylation sites is 1. The van der Waals surface area contributed by atoms with E-state index in [-0.39, 0.29) is 30.3 Å². The van der Waals surface area contributed by atoms with Crippen LogP contribution in [0.1, 0.15) is 42.1 Å². The topological polar surface area (TPSA) is 112 Å². The Kier molecular flexibility index (Phi) is 8.01. The lowest BCUT2D eigenvalue weighted by molar-refractivity contribution is -0.157. The van der Waals surface area contributed by atoms with Crippen LogP contribution in [-0.2, 0) is 35.6 Å². The standard InChI is InChI=1S/C25H28N2O6S/c1-5-32-24(28)23(25(29)33-6-2)21-14-18(19-9-7-8-10-20(19)27-21)15-26-34(30,31)22-12-11-16(3)13-17(22)4/h7-14,23,26H,5-6,15H2,1-4H3. The molecule has 0 aliphatic carbocycles. The maximum Gasteiger partial charge on any atom is 0.326 e. The van der Waals surface area contributed by atoms with E-state index >= 15 is 0 Å². The van der Waals surface area contributed by atoms with Crippen LogP contribution in [0.15, 0.2) is 53.4 Å². The Bertz CT molecular complexity index is 1300. The van der Waals surface area contributed by atoms with Gasteiger partial charge in [-0.05, 0) is 57.0 Å². The first-order chi connectivity index (χ1) is 16.2. The predicted octanol–water partition coefficient (Wildman–Crippen LogP) is 3.54. The summed E-state index contributed by atoms with van der Waals surface area (Å²) in [4.78, 5) is 29.9.